The van der Waals surface area contributed by atoms with E-state index in [-0.39, 0.29) is 11.8 Å². The predicted octanol–water partition coefficient (Wildman–Crippen LogP) is 4.60. The zero-order chi connectivity index (χ0) is 19.8. The van der Waals surface area contributed by atoms with Gasteiger partial charge in [0, 0.05) is 6.54 Å². The largest absolute Gasteiger partial charge is 0.352 e. The number of carbonyl (C=O) groups is 2. The Balaban J connectivity index is 1.91. The predicted molar refractivity (Wildman–Crippen MR) is 112 cm³/mol. The molecule has 0 aliphatic rings. The Morgan fingerprint density at radius 3 is 1.89 bits per heavy atom. The van der Waals surface area contributed by atoms with Crippen molar-refractivity contribution in [2.45, 2.75) is 19.3 Å². The second kappa shape index (κ2) is 9.51. The van der Waals surface area contributed by atoms with Crippen LogP contribution in [0.15, 0.2) is 84.9 Å². The van der Waals surface area contributed by atoms with Crippen molar-refractivity contribution < 1.29 is 9.59 Å². The number of amides is 2. The minimum Gasteiger partial charge on any atom is -0.352 e. The summed E-state index contributed by atoms with van der Waals surface area (Å²) in [4.78, 5) is 25.7. The van der Waals surface area contributed by atoms with E-state index in [1.165, 1.54) is 0 Å². The molecule has 0 aliphatic heterocycles. The van der Waals surface area contributed by atoms with Gasteiger partial charge >= 0.3 is 0 Å². The number of hydrogen-bond acceptors (Lipinski definition) is 2. The van der Waals surface area contributed by atoms with Gasteiger partial charge in [-0.15, -0.1) is 0 Å². The lowest BCUT2D eigenvalue weighted by atomic mass is 9.90. The molecule has 142 valence electrons. The number of rotatable bonds is 7. The summed E-state index contributed by atoms with van der Waals surface area (Å²) in [6, 6.07) is 26.4. The third-order valence-electron chi connectivity index (χ3n) is 4.49. The van der Waals surface area contributed by atoms with Crippen LogP contribution >= 0.6 is 0 Å². The molecule has 0 bridgehead atoms. The van der Waals surface area contributed by atoms with Crippen LogP contribution in [0.5, 0.6) is 0 Å². The number of nitrogens with one attached hydrogen (secondary N) is 2. The maximum atomic E-state index is 13.3. The maximum absolute atomic E-state index is 13.3. The van der Waals surface area contributed by atoms with Crippen molar-refractivity contribution >= 4 is 17.5 Å². The number of carbonyl (C=O) groups excluding carboxylic acids is 2. The third kappa shape index (κ3) is 4.65. The first kappa shape index (κ1) is 19.4. The van der Waals surface area contributed by atoms with Crippen LogP contribution in [0.4, 0.5) is 5.69 Å². The fourth-order valence-corrected chi connectivity index (χ4v) is 3.11. The molecular formula is C24H24N2O2. The van der Waals surface area contributed by atoms with Gasteiger partial charge in [0.1, 0.15) is 0 Å². The highest BCUT2D eigenvalue weighted by Gasteiger charge is 2.24. The zero-order valence-electron chi connectivity index (χ0n) is 15.9. The fraction of sp³-hybridized carbons (Fsp3) is 0.167. The van der Waals surface area contributed by atoms with Crippen LogP contribution in [0.1, 0.15) is 40.7 Å². The van der Waals surface area contributed by atoms with Gasteiger partial charge in [0.15, 0.2) is 0 Å². The molecule has 4 heteroatoms. The standard InChI is InChI=1S/C24H24N2O2/c1-2-17-25-23(27)20-15-9-10-16-21(20)26-24(28)22(18-11-5-3-6-12-18)19-13-7-4-8-14-19/h3-16,22H,2,17H2,1H3,(H,25,27)(H,26,28). The molecule has 28 heavy (non-hydrogen) atoms. The summed E-state index contributed by atoms with van der Waals surface area (Å²) in [6.07, 6.45) is 0.852. The molecule has 2 amide bonds. The Kier molecular flexibility index (Phi) is 6.58. The Bertz CT molecular complexity index is 884. The molecule has 3 aromatic carbocycles. The van der Waals surface area contributed by atoms with Crippen molar-refractivity contribution in [3.05, 3.63) is 102 Å². The number of anilines is 1. The molecule has 3 rings (SSSR count). The first-order valence-electron chi connectivity index (χ1n) is 9.48. The van der Waals surface area contributed by atoms with Crippen molar-refractivity contribution in [1.29, 1.82) is 0 Å². The van der Waals surface area contributed by atoms with Gasteiger partial charge in [-0.25, -0.2) is 0 Å². The Hall–Kier alpha value is -3.40. The summed E-state index contributed by atoms with van der Waals surface area (Å²) in [6.45, 7) is 2.59. The van der Waals surface area contributed by atoms with Crippen LogP contribution in [-0.4, -0.2) is 18.4 Å². The van der Waals surface area contributed by atoms with Crippen molar-refractivity contribution in [1.82, 2.24) is 5.32 Å². The van der Waals surface area contributed by atoms with Gasteiger partial charge < -0.3 is 10.6 Å². The van der Waals surface area contributed by atoms with Crippen LogP contribution in [-0.2, 0) is 4.79 Å². The molecule has 0 atom stereocenters. The van der Waals surface area contributed by atoms with Crippen LogP contribution in [0.25, 0.3) is 0 Å². The van der Waals surface area contributed by atoms with Gasteiger partial charge in [0.25, 0.3) is 5.91 Å². The highest BCUT2D eigenvalue weighted by atomic mass is 16.2. The Morgan fingerprint density at radius 1 is 0.786 bits per heavy atom. The van der Waals surface area contributed by atoms with Crippen LogP contribution < -0.4 is 10.6 Å². The van der Waals surface area contributed by atoms with Crippen LogP contribution in [0.3, 0.4) is 0 Å². The van der Waals surface area contributed by atoms with Gasteiger partial charge in [-0.3, -0.25) is 9.59 Å². The monoisotopic (exact) mass is 372 g/mol. The molecule has 0 heterocycles. The summed E-state index contributed by atoms with van der Waals surface area (Å²) in [5.41, 5.74) is 2.78. The van der Waals surface area contributed by atoms with Crippen molar-refractivity contribution in [3.8, 4) is 0 Å². The summed E-state index contributed by atoms with van der Waals surface area (Å²) in [7, 11) is 0. The van der Waals surface area contributed by atoms with Gasteiger partial charge in [-0.05, 0) is 29.7 Å². The molecule has 3 aromatic rings. The molecule has 0 saturated carbocycles. The quantitative estimate of drug-likeness (QED) is 0.637. The van der Waals surface area contributed by atoms with E-state index in [1.54, 1.807) is 18.2 Å². The summed E-state index contributed by atoms with van der Waals surface area (Å²) in [5, 5.41) is 5.83. The first-order chi connectivity index (χ1) is 13.7. The van der Waals surface area contributed by atoms with E-state index in [2.05, 4.69) is 10.6 Å². The normalized spacial score (nSPS) is 10.5. The van der Waals surface area contributed by atoms with E-state index in [4.69, 9.17) is 0 Å². The Morgan fingerprint density at radius 2 is 1.32 bits per heavy atom. The van der Waals surface area contributed by atoms with Gasteiger partial charge in [-0.1, -0.05) is 79.7 Å². The lowest BCUT2D eigenvalue weighted by Crippen LogP contribution is -2.27. The van der Waals surface area contributed by atoms with E-state index in [0.29, 0.717) is 17.8 Å². The van der Waals surface area contributed by atoms with Crippen LogP contribution in [0, 0.1) is 0 Å². The summed E-state index contributed by atoms with van der Waals surface area (Å²) in [5.74, 6) is -0.823. The molecule has 2 N–H and O–H groups in total. The molecule has 0 spiro atoms. The van der Waals surface area contributed by atoms with Crippen LogP contribution in [0.2, 0.25) is 0 Å². The van der Waals surface area contributed by atoms with Gasteiger partial charge in [0.2, 0.25) is 5.91 Å². The molecule has 0 aromatic heterocycles. The highest BCUT2D eigenvalue weighted by molar-refractivity contribution is 6.05. The Labute approximate surface area is 165 Å². The molecule has 4 nitrogen and oxygen atoms in total. The topological polar surface area (TPSA) is 58.2 Å². The molecule has 0 fully saturated rings. The van der Waals surface area contributed by atoms with Crippen molar-refractivity contribution in [2.75, 3.05) is 11.9 Å². The average Bonchev–Trinajstić information content (AvgIpc) is 2.74. The molecular weight excluding hydrogens is 348 g/mol. The smallest absolute Gasteiger partial charge is 0.253 e. The van der Waals surface area contributed by atoms with E-state index in [0.717, 1.165) is 17.5 Å². The first-order valence-corrected chi connectivity index (χ1v) is 9.48. The number of hydrogen-bond donors (Lipinski definition) is 2. The minimum absolute atomic E-state index is 0.173. The lowest BCUT2D eigenvalue weighted by Gasteiger charge is -2.19. The van der Waals surface area contributed by atoms with Crippen molar-refractivity contribution in [3.63, 3.8) is 0 Å². The van der Waals surface area contributed by atoms with Gasteiger partial charge in [0.05, 0.1) is 17.2 Å². The lowest BCUT2D eigenvalue weighted by molar-refractivity contribution is -0.116. The fourth-order valence-electron chi connectivity index (χ4n) is 3.11. The molecule has 0 unspecified atom stereocenters. The molecule has 0 saturated heterocycles. The van der Waals surface area contributed by atoms with E-state index in [9.17, 15) is 9.59 Å². The van der Waals surface area contributed by atoms with Gasteiger partial charge in [-0.2, -0.15) is 0 Å². The zero-order valence-corrected chi connectivity index (χ0v) is 15.9. The van der Waals surface area contributed by atoms with E-state index >= 15 is 0 Å². The minimum atomic E-state index is -0.464. The van der Waals surface area contributed by atoms with E-state index < -0.39 is 5.92 Å². The number of para-hydroxylation sites is 1. The molecule has 0 radical (unpaired) electrons. The molecule has 0 aliphatic carbocycles. The summed E-state index contributed by atoms with van der Waals surface area (Å²) >= 11 is 0. The average molecular weight is 372 g/mol. The maximum Gasteiger partial charge on any atom is 0.253 e. The SMILES string of the molecule is CCCNC(=O)c1ccccc1NC(=O)C(c1ccccc1)c1ccccc1. The summed E-state index contributed by atoms with van der Waals surface area (Å²) < 4.78 is 0. The third-order valence-corrected chi connectivity index (χ3v) is 4.49. The second-order valence-electron chi connectivity index (χ2n) is 6.55. The highest BCUT2D eigenvalue weighted by Crippen LogP contribution is 2.27. The van der Waals surface area contributed by atoms with E-state index in [1.807, 2.05) is 73.7 Å². The number of benzene rings is 3. The second-order valence-corrected chi connectivity index (χ2v) is 6.55. The van der Waals surface area contributed by atoms with Crippen molar-refractivity contribution in [2.24, 2.45) is 0 Å².